The number of hydrogen-bond donors (Lipinski definition) is 1. The number of aliphatic hydroxyl groups is 1. The number of aromatic nitrogens is 2. The van der Waals surface area contributed by atoms with Crippen molar-refractivity contribution in [2.45, 2.75) is 32.1 Å². The van der Waals surface area contributed by atoms with E-state index < -0.39 is 28.3 Å². The van der Waals surface area contributed by atoms with Gasteiger partial charge < -0.3 is 9.84 Å². The Bertz CT molecular complexity index is 1530. The topological polar surface area (TPSA) is 97.2 Å². The Morgan fingerprint density at radius 1 is 1.03 bits per heavy atom. The molecule has 1 aliphatic carbocycles. The van der Waals surface area contributed by atoms with Crippen molar-refractivity contribution in [3.8, 4) is 23.3 Å². The zero-order chi connectivity index (χ0) is 25.0. The van der Waals surface area contributed by atoms with Gasteiger partial charge in [-0.05, 0) is 54.4 Å². The number of esters is 1. The van der Waals surface area contributed by atoms with Gasteiger partial charge in [-0.2, -0.15) is 5.26 Å². The van der Waals surface area contributed by atoms with Crippen LogP contribution in [0.4, 0.5) is 0 Å². The molecule has 0 saturated heterocycles. The fraction of sp³-hybridized carbons (Fsp3) is 0.259. The SMILES string of the molecule is CC1(C)CC(O)=CC2(C1)c1c(n(-c3ccccc3)c(=S)n(-c3ccccc3)c1=O)OC(=O)C2C#N. The summed E-state index contributed by atoms with van der Waals surface area (Å²) in [5.74, 6) is -2.08. The van der Waals surface area contributed by atoms with Gasteiger partial charge in [-0.15, -0.1) is 0 Å². The molecule has 2 atom stereocenters. The third-order valence-corrected chi connectivity index (χ3v) is 7.01. The first-order chi connectivity index (χ1) is 16.7. The fourth-order valence-electron chi connectivity index (χ4n) is 5.46. The summed E-state index contributed by atoms with van der Waals surface area (Å²) in [5.41, 5.74) is -1.10. The van der Waals surface area contributed by atoms with E-state index in [0.717, 1.165) is 0 Å². The van der Waals surface area contributed by atoms with E-state index in [1.807, 2.05) is 38.1 Å². The second-order valence-electron chi connectivity index (χ2n) is 9.79. The molecule has 3 aromatic rings. The van der Waals surface area contributed by atoms with Gasteiger partial charge >= 0.3 is 5.97 Å². The minimum absolute atomic E-state index is 0.0170. The Morgan fingerprint density at radius 3 is 2.14 bits per heavy atom. The van der Waals surface area contributed by atoms with E-state index in [1.54, 1.807) is 41.0 Å². The van der Waals surface area contributed by atoms with Crippen LogP contribution in [0.3, 0.4) is 0 Å². The summed E-state index contributed by atoms with van der Waals surface area (Å²) >= 11 is 5.79. The van der Waals surface area contributed by atoms with Crippen molar-refractivity contribution in [2.75, 3.05) is 0 Å². The van der Waals surface area contributed by atoms with E-state index in [-0.39, 0.29) is 22.0 Å². The highest BCUT2D eigenvalue weighted by atomic mass is 32.1. The molecule has 2 aliphatic rings. The second-order valence-corrected chi connectivity index (χ2v) is 10.2. The number of carbonyl (C=O) groups is 1. The lowest BCUT2D eigenvalue weighted by atomic mass is 9.58. The largest absolute Gasteiger partial charge is 0.513 e. The number of fused-ring (bicyclic) bond motifs is 2. The van der Waals surface area contributed by atoms with Gasteiger partial charge in [0.15, 0.2) is 10.7 Å². The number of hydrogen-bond acceptors (Lipinski definition) is 6. The maximum atomic E-state index is 14.2. The highest BCUT2D eigenvalue weighted by Crippen LogP contribution is 2.53. The molecule has 0 fully saturated rings. The summed E-state index contributed by atoms with van der Waals surface area (Å²) in [4.78, 5) is 27.5. The molecule has 0 bridgehead atoms. The van der Waals surface area contributed by atoms with E-state index in [9.17, 15) is 20.0 Å². The molecule has 5 rings (SSSR count). The van der Waals surface area contributed by atoms with Gasteiger partial charge in [0, 0.05) is 6.42 Å². The molecular weight excluding hydrogens is 462 g/mol. The Hall–Kier alpha value is -3.96. The predicted molar refractivity (Wildman–Crippen MR) is 132 cm³/mol. The number of ether oxygens (including phenoxy) is 1. The summed E-state index contributed by atoms with van der Waals surface area (Å²) < 4.78 is 8.78. The van der Waals surface area contributed by atoms with Crippen LogP contribution in [0.5, 0.6) is 5.88 Å². The number of para-hydroxylation sites is 2. The number of aliphatic hydroxyl groups excluding tert-OH is 1. The van der Waals surface area contributed by atoms with E-state index in [2.05, 4.69) is 6.07 Å². The summed E-state index contributed by atoms with van der Waals surface area (Å²) in [7, 11) is 0. The summed E-state index contributed by atoms with van der Waals surface area (Å²) in [6.45, 7) is 3.88. The van der Waals surface area contributed by atoms with Crippen LogP contribution < -0.4 is 10.3 Å². The number of allylic oxidation sites excluding steroid dienone is 2. The lowest BCUT2D eigenvalue weighted by molar-refractivity contribution is -0.141. The first kappa shape index (κ1) is 22.8. The highest BCUT2D eigenvalue weighted by molar-refractivity contribution is 7.71. The molecule has 1 N–H and O–H groups in total. The monoisotopic (exact) mass is 485 g/mol. The van der Waals surface area contributed by atoms with Gasteiger partial charge in [0.2, 0.25) is 5.88 Å². The first-order valence-electron chi connectivity index (χ1n) is 11.2. The van der Waals surface area contributed by atoms with Crippen LogP contribution in [0.15, 0.2) is 77.3 Å². The van der Waals surface area contributed by atoms with Crippen LogP contribution in [0.1, 0.15) is 32.3 Å². The first-order valence-corrected chi connectivity index (χ1v) is 11.6. The third kappa shape index (κ3) is 3.51. The molecule has 8 heteroatoms. The van der Waals surface area contributed by atoms with Crippen molar-refractivity contribution < 1.29 is 14.6 Å². The number of nitrogens with zero attached hydrogens (tertiary/aromatic N) is 3. The maximum Gasteiger partial charge on any atom is 0.331 e. The van der Waals surface area contributed by atoms with Crippen molar-refractivity contribution in [3.05, 3.63) is 93.2 Å². The second kappa shape index (κ2) is 8.07. The van der Waals surface area contributed by atoms with E-state index >= 15 is 0 Å². The molecule has 7 nitrogen and oxygen atoms in total. The molecule has 2 aromatic carbocycles. The number of benzene rings is 2. The average molecular weight is 486 g/mol. The predicted octanol–water partition coefficient (Wildman–Crippen LogP) is 4.92. The average Bonchev–Trinajstić information content (AvgIpc) is 2.79. The van der Waals surface area contributed by atoms with E-state index in [0.29, 0.717) is 24.2 Å². The molecule has 0 radical (unpaired) electrons. The smallest absolute Gasteiger partial charge is 0.331 e. The molecule has 0 saturated carbocycles. The van der Waals surface area contributed by atoms with Gasteiger partial charge in [0.1, 0.15) is 0 Å². The molecular formula is C27H23N3O4S. The molecule has 176 valence electrons. The van der Waals surface area contributed by atoms with Crippen LogP contribution in [0.25, 0.3) is 11.4 Å². The third-order valence-electron chi connectivity index (χ3n) is 6.64. The lowest BCUT2D eigenvalue weighted by Crippen LogP contribution is -2.52. The van der Waals surface area contributed by atoms with Crippen LogP contribution in [-0.4, -0.2) is 20.2 Å². The maximum absolute atomic E-state index is 14.2. The van der Waals surface area contributed by atoms with Crippen LogP contribution >= 0.6 is 12.2 Å². The lowest BCUT2D eigenvalue weighted by Gasteiger charge is -2.46. The summed E-state index contributed by atoms with van der Waals surface area (Å²) in [5, 5.41) is 20.9. The molecule has 2 unspecified atom stereocenters. The standard InChI is InChI=1S/C27H23N3O4S/c1-26(2)13-19(31)14-27(16-26)20(15-28)24(33)34-23-21(27)22(32)29(17-9-5-3-6-10-17)25(35)30(23)18-11-7-4-8-12-18/h3-12,14,20,31H,13,16H2,1-2H3. The zero-order valence-electron chi connectivity index (χ0n) is 19.3. The van der Waals surface area contributed by atoms with Gasteiger partial charge in [-0.1, -0.05) is 50.2 Å². The molecule has 1 aromatic heterocycles. The van der Waals surface area contributed by atoms with Gasteiger partial charge in [-0.3, -0.25) is 18.7 Å². The minimum Gasteiger partial charge on any atom is -0.513 e. The minimum atomic E-state index is -1.39. The summed E-state index contributed by atoms with van der Waals surface area (Å²) in [6, 6.07) is 20.1. The zero-order valence-corrected chi connectivity index (χ0v) is 20.1. The fourth-order valence-corrected chi connectivity index (χ4v) is 5.84. The number of rotatable bonds is 2. The van der Waals surface area contributed by atoms with Crippen molar-refractivity contribution in [1.29, 1.82) is 5.26 Å². The Kier molecular flexibility index (Phi) is 5.26. The Morgan fingerprint density at radius 2 is 1.60 bits per heavy atom. The molecule has 1 aliphatic heterocycles. The van der Waals surface area contributed by atoms with Crippen LogP contribution in [-0.2, 0) is 10.2 Å². The Balaban J connectivity index is 2.00. The van der Waals surface area contributed by atoms with E-state index in [4.69, 9.17) is 17.0 Å². The van der Waals surface area contributed by atoms with Gasteiger partial charge in [-0.25, -0.2) is 0 Å². The Labute approximate surface area is 207 Å². The normalized spacial score (nSPS) is 22.6. The van der Waals surface area contributed by atoms with E-state index in [1.165, 1.54) is 10.6 Å². The number of nitriles is 1. The van der Waals surface area contributed by atoms with Crippen molar-refractivity contribution >= 4 is 18.2 Å². The highest BCUT2D eigenvalue weighted by Gasteiger charge is 2.57. The number of carbonyl (C=O) groups excluding carboxylic acids is 1. The molecule has 1 spiro atoms. The quantitative estimate of drug-likeness (QED) is 0.409. The van der Waals surface area contributed by atoms with Gasteiger partial charge in [0.05, 0.1) is 34.2 Å². The van der Waals surface area contributed by atoms with Crippen molar-refractivity contribution in [2.24, 2.45) is 11.3 Å². The molecule has 0 amide bonds. The van der Waals surface area contributed by atoms with Gasteiger partial charge in [0.25, 0.3) is 5.56 Å². The van der Waals surface area contributed by atoms with Crippen LogP contribution in [0, 0.1) is 27.4 Å². The summed E-state index contributed by atoms with van der Waals surface area (Å²) in [6.07, 6.45) is 2.16. The van der Waals surface area contributed by atoms with Crippen molar-refractivity contribution in [1.82, 2.24) is 9.13 Å². The molecule has 2 heterocycles. The van der Waals surface area contributed by atoms with Crippen LogP contribution in [0.2, 0.25) is 0 Å². The van der Waals surface area contributed by atoms with Crippen molar-refractivity contribution in [3.63, 3.8) is 0 Å². The molecule has 35 heavy (non-hydrogen) atoms.